The normalized spacial score (nSPS) is 12.8. The van der Waals surface area contributed by atoms with E-state index in [0.29, 0.717) is 48.6 Å². The van der Waals surface area contributed by atoms with Crippen molar-refractivity contribution in [2.75, 3.05) is 44.9 Å². The van der Waals surface area contributed by atoms with Crippen molar-refractivity contribution in [3.63, 3.8) is 0 Å². The van der Waals surface area contributed by atoms with Crippen molar-refractivity contribution in [3.05, 3.63) is 71.8 Å². The van der Waals surface area contributed by atoms with E-state index in [-0.39, 0.29) is 47.9 Å². The quantitative estimate of drug-likeness (QED) is 0.0769. The number of hydrogen-bond acceptors (Lipinski definition) is 9. The van der Waals surface area contributed by atoms with Crippen LogP contribution in [0.5, 0.6) is 5.75 Å². The second-order valence-corrected chi connectivity index (χ2v) is 13.2. The van der Waals surface area contributed by atoms with Crippen LogP contribution < -0.4 is 20.7 Å². The van der Waals surface area contributed by atoms with Crippen LogP contribution in [0.3, 0.4) is 0 Å². The second kappa shape index (κ2) is 18.1. The minimum absolute atomic E-state index is 0.0907. The molecule has 1 heterocycles. The van der Waals surface area contributed by atoms with E-state index < -0.39 is 15.8 Å². The summed E-state index contributed by atoms with van der Waals surface area (Å²) >= 11 is 3.87. The Morgan fingerprint density at radius 1 is 0.848 bits per heavy atom. The number of esters is 1. The van der Waals surface area contributed by atoms with Crippen molar-refractivity contribution in [1.29, 1.82) is 0 Å². The molecule has 1 aliphatic heterocycles. The molecule has 3 N–H and O–H groups in total. The van der Waals surface area contributed by atoms with Crippen molar-refractivity contribution in [3.8, 4) is 5.75 Å². The average molecular weight is 672 g/mol. The van der Waals surface area contributed by atoms with Crippen LogP contribution in [0.4, 0.5) is 0 Å². The molecule has 2 aromatic carbocycles. The third-order valence-electron chi connectivity index (χ3n) is 7.12. The van der Waals surface area contributed by atoms with Crippen LogP contribution in [0, 0.1) is 0 Å². The topological polar surface area (TPSA) is 157 Å². The molecule has 3 amide bonds. The van der Waals surface area contributed by atoms with Crippen LogP contribution in [-0.4, -0.2) is 77.0 Å². The number of hydrogen-bond donors (Lipinski definition) is 4. The highest BCUT2D eigenvalue weighted by Crippen LogP contribution is 2.34. The van der Waals surface area contributed by atoms with Gasteiger partial charge in [0.05, 0.1) is 29.4 Å². The minimum Gasteiger partial charge on any atom is -0.494 e. The lowest BCUT2D eigenvalue weighted by atomic mass is 9.97. The molecule has 0 saturated carbocycles. The number of sulfone groups is 1. The van der Waals surface area contributed by atoms with Crippen LogP contribution in [-0.2, 0) is 33.8 Å². The van der Waals surface area contributed by atoms with Crippen molar-refractivity contribution >= 4 is 57.3 Å². The van der Waals surface area contributed by atoms with Gasteiger partial charge < -0.3 is 25.4 Å². The van der Waals surface area contributed by atoms with Gasteiger partial charge in [0.1, 0.15) is 12.4 Å². The molecule has 11 nitrogen and oxygen atoms in total. The summed E-state index contributed by atoms with van der Waals surface area (Å²) in [7, 11) is -3.32. The molecule has 1 aliphatic rings. The zero-order valence-corrected chi connectivity index (χ0v) is 27.6. The number of rotatable bonds is 19. The smallest absolute Gasteiger partial charge is 0.339 e. The predicted molar refractivity (Wildman–Crippen MR) is 179 cm³/mol. The van der Waals surface area contributed by atoms with Crippen molar-refractivity contribution in [2.24, 2.45) is 0 Å². The lowest BCUT2D eigenvalue weighted by molar-refractivity contribution is -0.134. The molecule has 2 aromatic rings. The van der Waals surface area contributed by atoms with Gasteiger partial charge in [0.2, 0.25) is 17.7 Å². The number of benzene rings is 2. The number of unbranched alkanes of at least 4 members (excludes halogenated alkanes) is 3. The fourth-order valence-electron chi connectivity index (χ4n) is 4.53. The largest absolute Gasteiger partial charge is 0.494 e. The number of carbonyl (C=O) groups is 4. The predicted octanol–water partition coefficient (Wildman–Crippen LogP) is 3.11. The third kappa shape index (κ3) is 12.0. The molecule has 0 bridgehead atoms. The maximum absolute atomic E-state index is 12.5. The summed E-state index contributed by atoms with van der Waals surface area (Å²) in [4.78, 5) is 47.8. The summed E-state index contributed by atoms with van der Waals surface area (Å²) in [5, 5.41) is 8.01. The standard InChI is InChI=1S/C33H41N3O8S2/c1-23(19-35-31(39)22-45)7-16-29(37)36-20-30(38)34-17-5-3-4-6-18-43-26-12-8-25(9-13-26)32-28(21-44-33(32)40)24-10-14-27(15-11-24)46(2,41)42/h8-15,45H,1,3-7,16-22H2,2H3,(H,34,38)(H,35,39)(H,36,37). The molecule has 0 aromatic heterocycles. The van der Waals surface area contributed by atoms with E-state index in [1.807, 2.05) is 0 Å². The first-order valence-corrected chi connectivity index (χ1v) is 17.5. The zero-order valence-electron chi connectivity index (χ0n) is 25.9. The molecule has 248 valence electrons. The van der Waals surface area contributed by atoms with E-state index in [0.717, 1.165) is 43.1 Å². The zero-order chi connectivity index (χ0) is 33.5. The van der Waals surface area contributed by atoms with Crippen LogP contribution in [0.15, 0.2) is 65.6 Å². The number of carbonyl (C=O) groups excluding carboxylic acids is 4. The molecule has 0 saturated heterocycles. The fourth-order valence-corrected chi connectivity index (χ4v) is 5.27. The van der Waals surface area contributed by atoms with E-state index in [1.54, 1.807) is 36.4 Å². The molecule has 0 atom stereocenters. The van der Waals surface area contributed by atoms with E-state index in [9.17, 15) is 27.6 Å². The molecule has 0 unspecified atom stereocenters. The summed E-state index contributed by atoms with van der Waals surface area (Å²) in [6.45, 7) is 5.18. The Bertz CT molecular complexity index is 1540. The highest BCUT2D eigenvalue weighted by molar-refractivity contribution is 7.90. The lowest BCUT2D eigenvalue weighted by Gasteiger charge is -2.09. The summed E-state index contributed by atoms with van der Waals surface area (Å²) in [6.07, 6.45) is 5.21. The maximum atomic E-state index is 12.5. The summed E-state index contributed by atoms with van der Waals surface area (Å²) in [5.74, 6) is -0.373. The van der Waals surface area contributed by atoms with Gasteiger partial charge in [-0.3, -0.25) is 14.4 Å². The van der Waals surface area contributed by atoms with E-state index in [1.165, 1.54) is 12.1 Å². The lowest BCUT2D eigenvalue weighted by Crippen LogP contribution is -2.37. The first-order chi connectivity index (χ1) is 22.0. The van der Waals surface area contributed by atoms with Crippen molar-refractivity contribution < 1.29 is 37.1 Å². The summed E-state index contributed by atoms with van der Waals surface area (Å²) in [5.41, 5.74) is 3.28. The fraction of sp³-hybridized carbons (Fsp3) is 0.394. The molecule has 0 fully saturated rings. The Morgan fingerprint density at radius 2 is 1.50 bits per heavy atom. The molecule has 13 heteroatoms. The molecule has 0 radical (unpaired) electrons. The monoisotopic (exact) mass is 671 g/mol. The summed E-state index contributed by atoms with van der Waals surface area (Å²) < 4.78 is 34.7. The van der Waals surface area contributed by atoms with Gasteiger partial charge in [-0.25, -0.2) is 13.2 Å². The van der Waals surface area contributed by atoms with Gasteiger partial charge in [0.15, 0.2) is 9.84 Å². The number of ether oxygens (including phenoxy) is 2. The van der Waals surface area contributed by atoms with Gasteiger partial charge >= 0.3 is 5.97 Å². The first kappa shape index (κ1) is 36.4. The molecule has 0 spiro atoms. The third-order valence-corrected chi connectivity index (χ3v) is 8.54. The summed E-state index contributed by atoms with van der Waals surface area (Å²) in [6, 6.07) is 13.6. The Kier molecular flexibility index (Phi) is 14.3. The molecule has 3 rings (SSSR count). The van der Waals surface area contributed by atoms with Gasteiger partial charge in [-0.05, 0) is 54.7 Å². The Balaban J connectivity index is 1.29. The van der Waals surface area contributed by atoms with Crippen molar-refractivity contribution in [2.45, 2.75) is 43.4 Å². The number of cyclic esters (lactones) is 1. The van der Waals surface area contributed by atoms with Crippen LogP contribution >= 0.6 is 12.6 Å². The van der Waals surface area contributed by atoms with Crippen LogP contribution in [0.25, 0.3) is 11.1 Å². The van der Waals surface area contributed by atoms with Crippen molar-refractivity contribution in [1.82, 2.24) is 16.0 Å². The van der Waals surface area contributed by atoms with E-state index >= 15 is 0 Å². The molecular weight excluding hydrogens is 631 g/mol. The minimum atomic E-state index is -3.32. The van der Waals surface area contributed by atoms with Crippen LogP contribution in [0.1, 0.15) is 49.7 Å². The second-order valence-electron chi connectivity index (χ2n) is 10.8. The first-order valence-electron chi connectivity index (χ1n) is 15.0. The van der Waals surface area contributed by atoms with Gasteiger partial charge in [0.25, 0.3) is 0 Å². The Hall–Kier alpha value is -4.10. The highest BCUT2D eigenvalue weighted by Gasteiger charge is 2.27. The van der Waals surface area contributed by atoms with Gasteiger partial charge in [-0.1, -0.05) is 49.3 Å². The maximum Gasteiger partial charge on any atom is 0.339 e. The Morgan fingerprint density at radius 3 is 2.17 bits per heavy atom. The van der Waals surface area contributed by atoms with E-state index in [2.05, 4.69) is 35.2 Å². The Labute approximate surface area is 275 Å². The van der Waals surface area contributed by atoms with E-state index in [4.69, 9.17) is 9.47 Å². The van der Waals surface area contributed by atoms with Gasteiger partial charge in [-0.2, -0.15) is 12.6 Å². The molecule has 46 heavy (non-hydrogen) atoms. The van der Waals surface area contributed by atoms with Crippen LogP contribution in [0.2, 0.25) is 0 Å². The number of nitrogens with one attached hydrogen (secondary N) is 3. The molecular formula is C33H41N3O8S2. The van der Waals surface area contributed by atoms with Gasteiger partial charge in [-0.15, -0.1) is 0 Å². The number of thiol groups is 1. The molecule has 0 aliphatic carbocycles. The average Bonchev–Trinajstić information content (AvgIpc) is 3.43. The number of amides is 3. The van der Waals surface area contributed by atoms with Gasteiger partial charge in [0, 0.05) is 31.3 Å². The highest BCUT2D eigenvalue weighted by atomic mass is 32.2. The SMILES string of the molecule is C=C(CCC(=O)NCC(=O)NCCCCCCOc1ccc(C2=C(c3ccc(S(C)(=O)=O)cc3)COC2=O)cc1)CNC(=O)CS.